The molecule has 1 heterocycles. The topological polar surface area (TPSA) is 77.2 Å². The molecule has 0 spiro atoms. The molecule has 6 heteroatoms. The van der Waals surface area contributed by atoms with Crippen molar-refractivity contribution < 1.29 is 14.6 Å². The van der Waals surface area contributed by atoms with Crippen LogP contribution in [0.15, 0.2) is 0 Å². The van der Waals surface area contributed by atoms with Crippen LogP contribution in [0.3, 0.4) is 0 Å². The zero-order chi connectivity index (χ0) is 13.9. The number of nitrogens with zero attached hydrogens (tertiary/aromatic N) is 3. The van der Waals surface area contributed by atoms with Crippen LogP contribution in [0.4, 0.5) is 0 Å². The van der Waals surface area contributed by atoms with E-state index in [1.54, 1.807) is 18.5 Å². The first kappa shape index (κ1) is 14.6. The lowest BCUT2D eigenvalue weighted by atomic mass is 10.1. The van der Waals surface area contributed by atoms with Crippen LogP contribution in [0.2, 0.25) is 0 Å². The second-order valence-corrected chi connectivity index (χ2v) is 4.62. The molecule has 1 aromatic heterocycles. The van der Waals surface area contributed by atoms with Crippen molar-refractivity contribution in [2.75, 3.05) is 6.61 Å². The summed E-state index contributed by atoms with van der Waals surface area (Å²) in [5.74, 6) is -0.397. The van der Waals surface area contributed by atoms with Crippen molar-refractivity contribution in [3.05, 3.63) is 11.4 Å². The monoisotopic (exact) mass is 255 g/mol. The van der Waals surface area contributed by atoms with Crippen molar-refractivity contribution in [2.24, 2.45) is 0 Å². The number of rotatable bonds is 5. The Balaban J connectivity index is 3.19. The summed E-state index contributed by atoms with van der Waals surface area (Å²) in [6.45, 7) is 9.46. The van der Waals surface area contributed by atoms with E-state index in [1.807, 2.05) is 20.8 Å². The highest BCUT2D eigenvalue weighted by Crippen LogP contribution is 2.23. The summed E-state index contributed by atoms with van der Waals surface area (Å²) in [5.41, 5.74) is 0.932. The number of carbonyl (C=O) groups excluding carboxylic acids is 1. The maximum Gasteiger partial charge on any atom is 0.360 e. The van der Waals surface area contributed by atoms with Gasteiger partial charge in [0.05, 0.1) is 24.4 Å². The van der Waals surface area contributed by atoms with E-state index >= 15 is 0 Å². The van der Waals surface area contributed by atoms with E-state index < -0.39 is 12.1 Å². The summed E-state index contributed by atoms with van der Waals surface area (Å²) >= 11 is 0. The number of aliphatic hydroxyl groups excluding tert-OH is 1. The summed E-state index contributed by atoms with van der Waals surface area (Å²) in [7, 11) is 0. The molecule has 0 amide bonds. The molecule has 0 saturated heterocycles. The fourth-order valence-electron chi connectivity index (χ4n) is 1.69. The van der Waals surface area contributed by atoms with E-state index in [0.29, 0.717) is 12.3 Å². The Hall–Kier alpha value is -1.43. The molecule has 0 aliphatic rings. The highest BCUT2D eigenvalue weighted by atomic mass is 16.5. The molecular formula is C12H21N3O3. The highest BCUT2D eigenvalue weighted by Gasteiger charge is 2.26. The van der Waals surface area contributed by atoms with Gasteiger partial charge in [-0.15, -0.1) is 5.10 Å². The Labute approximate surface area is 107 Å². The smallest absolute Gasteiger partial charge is 0.360 e. The van der Waals surface area contributed by atoms with Crippen molar-refractivity contribution in [3.8, 4) is 0 Å². The van der Waals surface area contributed by atoms with Crippen LogP contribution >= 0.6 is 0 Å². The molecule has 0 fully saturated rings. The number of ether oxygens (including phenoxy) is 1. The van der Waals surface area contributed by atoms with Crippen molar-refractivity contribution in [1.29, 1.82) is 0 Å². The summed E-state index contributed by atoms with van der Waals surface area (Å²) in [5, 5.41) is 17.5. The van der Waals surface area contributed by atoms with Crippen LogP contribution in [-0.2, 0) is 4.74 Å². The van der Waals surface area contributed by atoms with E-state index in [1.165, 1.54) is 0 Å². The quantitative estimate of drug-likeness (QED) is 0.807. The minimum atomic E-state index is -0.570. The predicted octanol–water partition coefficient (Wildman–Crippen LogP) is 1.52. The van der Waals surface area contributed by atoms with Gasteiger partial charge in [0.25, 0.3) is 0 Å². The van der Waals surface area contributed by atoms with Crippen LogP contribution < -0.4 is 0 Å². The van der Waals surface area contributed by atoms with E-state index in [4.69, 9.17) is 4.74 Å². The average Bonchev–Trinajstić information content (AvgIpc) is 2.72. The van der Waals surface area contributed by atoms with Gasteiger partial charge in [-0.2, -0.15) is 0 Å². The van der Waals surface area contributed by atoms with Crippen molar-refractivity contribution in [1.82, 2.24) is 15.0 Å². The fourth-order valence-corrected chi connectivity index (χ4v) is 1.69. The van der Waals surface area contributed by atoms with Crippen molar-refractivity contribution in [2.45, 2.75) is 52.7 Å². The Bertz CT molecular complexity index is 413. The Morgan fingerprint density at radius 3 is 2.44 bits per heavy atom. The highest BCUT2D eigenvalue weighted by molar-refractivity contribution is 5.88. The van der Waals surface area contributed by atoms with Crippen LogP contribution in [0, 0.1) is 0 Å². The van der Waals surface area contributed by atoms with Gasteiger partial charge in [0.2, 0.25) is 0 Å². The minimum absolute atomic E-state index is 0.0700. The Morgan fingerprint density at radius 2 is 2.00 bits per heavy atom. The van der Waals surface area contributed by atoms with Crippen molar-refractivity contribution >= 4 is 5.97 Å². The average molecular weight is 255 g/mol. The maximum absolute atomic E-state index is 11.8. The number of esters is 1. The number of carbonyl (C=O) groups is 1. The summed E-state index contributed by atoms with van der Waals surface area (Å²) in [6, 6.07) is -0.238. The van der Waals surface area contributed by atoms with Gasteiger partial charge < -0.3 is 9.84 Å². The third-order valence-corrected chi connectivity index (χ3v) is 2.83. The zero-order valence-electron chi connectivity index (χ0n) is 11.5. The standard InChI is InChI=1S/C12H21N3O3/c1-6-18-12(17)10-11(7(2)3)15(14-13-10)8(4)9(5)16/h7-9,16H,6H2,1-5H3. The predicted molar refractivity (Wildman–Crippen MR) is 66.5 cm³/mol. The van der Waals surface area contributed by atoms with E-state index in [2.05, 4.69) is 10.3 Å². The molecular weight excluding hydrogens is 234 g/mol. The molecule has 2 atom stereocenters. The zero-order valence-corrected chi connectivity index (χ0v) is 11.5. The Morgan fingerprint density at radius 1 is 1.39 bits per heavy atom. The first-order valence-electron chi connectivity index (χ1n) is 6.20. The van der Waals surface area contributed by atoms with Crippen LogP contribution in [0.5, 0.6) is 0 Å². The molecule has 0 aliphatic heterocycles. The molecule has 1 aromatic rings. The van der Waals surface area contributed by atoms with Gasteiger partial charge in [0.1, 0.15) is 0 Å². The summed E-state index contributed by atoms with van der Waals surface area (Å²) < 4.78 is 6.55. The van der Waals surface area contributed by atoms with Gasteiger partial charge in [0.15, 0.2) is 5.69 Å². The van der Waals surface area contributed by atoms with Gasteiger partial charge in [-0.1, -0.05) is 19.1 Å². The largest absolute Gasteiger partial charge is 0.461 e. The van der Waals surface area contributed by atoms with Gasteiger partial charge in [-0.3, -0.25) is 0 Å². The second-order valence-electron chi connectivity index (χ2n) is 4.62. The van der Waals surface area contributed by atoms with Crippen molar-refractivity contribution in [3.63, 3.8) is 0 Å². The number of hydrogen-bond donors (Lipinski definition) is 1. The molecule has 1 N–H and O–H groups in total. The molecule has 0 bridgehead atoms. The lowest BCUT2D eigenvalue weighted by molar-refractivity contribution is 0.0517. The lowest BCUT2D eigenvalue weighted by Gasteiger charge is -2.19. The molecule has 0 aromatic carbocycles. The van der Waals surface area contributed by atoms with E-state index in [-0.39, 0.29) is 17.7 Å². The third-order valence-electron chi connectivity index (χ3n) is 2.83. The van der Waals surface area contributed by atoms with Gasteiger partial charge in [-0.05, 0) is 26.7 Å². The molecule has 0 saturated carbocycles. The molecule has 0 aliphatic carbocycles. The minimum Gasteiger partial charge on any atom is -0.461 e. The van der Waals surface area contributed by atoms with Gasteiger partial charge in [-0.25, -0.2) is 9.48 Å². The molecule has 0 radical (unpaired) electrons. The summed E-state index contributed by atoms with van der Waals surface area (Å²) in [6.07, 6.45) is -0.570. The first-order chi connectivity index (χ1) is 8.40. The second kappa shape index (κ2) is 5.95. The van der Waals surface area contributed by atoms with E-state index in [0.717, 1.165) is 0 Å². The molecule has 1 rings (SSSR count). The number of hydrogen-bond acceptors (Lipinski definition) is 5. The SMILES string of the molecule is CCOC(=O)c1nnn(C(C)C(C)O)c1C(C)C. The van der Waals surface area contributed by atoms with Gasteiger partial charge >= 0.3 is 5.97 Å². The molecule has 2 unspecified atom stereocenters. The summed E-state index contributed by atoms with van der Waals surface area (Å²) in [4.78, 5) is 11.8. The normalized spacial score (nSPS) is 14.6. The molecule has 6 nitrogen and oxygen atoms in total. The van der Waals surface area contributed by atoms with Crippen LogP contribution in [0.1, 0.15) is 62.8 Å². The lowest BCUT2D eigenvalue weighted by Crippen LogP contribution is -2.22. The maximum atomic E-state index is 11.8. The third kappa shape index (κ3) is 2.87. The fraction of sp³-hybridized carbons (Fsp3) is 0.750. The first-order valence-corrected chi connectivity index (χ1v) is 6.20. The Kier molecular flexibility index (Phi) is 4.84. The molecule has 102 valence electrons. The molecule has 18 heavy (non-hydrogen) atoms. The number of aliphatic hydroxyl groups is 1. The van der Waals surface area contributed by atoms with Crippen LogP contribution in [0.25, 0.3) is 0 Å². The van der Waals surface area contributed by atoms with Gasteiger partial charge in [0, 0.05) is 0 Å². The van der Waals surface area contributed by atoms with E-state index in [9.17, 15) is 9.90 Å². The number of aromatic nitrogens is 3. The van der Waals surface area contributed by atoms with Crippen LogP contribution in [-0.4, -0.2) is 38.8 Å².